The lowest BCUT2D eigenvalue weighted by atomic mass is 10.2. The summed E-state index contributed by atoms with van der Waals surface area (Å²) in [6.45, 7) is 8.92. The second-order valence-electron chi connectivity index (χ2n) is 7.36. The molecule has 2 saturated heterocycles. The van der Waals surface area contributed by atoms with Gasteiger partial charge in [-0.15, -0.1) is 11.3 Å². The van der Waals surface area contributed by atoms with Crippen LogP contribution >= 0.6 is 11.3 Å². The minimum atomic E-state index is -3.62. The Morgan fingerprint density at radius 1 is 1.03 bits per heavy atom. The molecule has 29 heavy (non-hydrogen) atoms. The van der Waals surface area contributed by atoms with Gasteiger partial charge in [0.25, 0.3) is 5.91 Å². The van der Waals surface area contributed by atoms with Crippen molar-refractivity contribution in [2.24, 2.45) is 0 Å². The maximum absolute atomic E-state index is 13.0. The molecule has 0 aromatic carbocycles. The van der Waals surface area contributed by atoms with E-state index in [4.69, 9.17) is 0 Å². The van der Waals surface area contributed by atoms with E-state index in [0.717, 1.165) is 12.8 Å². The van der Waals surface area contributed by atoms with Crippen molar-refractivity contribution in [1.29, 1.82) is 0 Å². The molecule has 8 nitrogen and oxygen atoms in total. The number of carbonyl (C=O) groups is 2. The molecule has 2 fully saturated rings. The van der Waals surface area contributed by atoms with Gasteiger partial charge in [-0.1, -0.05) is 0 Å². The number of carbonyl (C=O) groups excluding carboxylic acids is 2. The van der Waals surface area contributed by atoms with E-state index in [9.17, 15) is 18.0 Å². The lowest BCUT2D eigenvalue weighted by Gasteiger charge is -2.35. The number of amides is 2. The Morgan fingerprint density at radius 3 is 2.24 bits per heavy atom. The van der Waals surface area contributed by atoms with Gasteiger partial charge in [-0.05, 0) is 38.1 Å². The first-order valence-electron chi connectivity index (χ1n) is 10.3. The molecule has 1 aromatic rings. The molecule has 3 heterocycles. The lowest BCUT2D eigenvalue weighted by Crippen LogP contribution is -2.51. The van der Waals surface area contributed by atoms with Crippen LogP contribution in [-0.4, -0.2) is 98.1 Å². The van der Waals surface area contributed by atoms with Gasteiger partial charge in [0.2, 0.25) is 15.9 Å². The van der Waals surface area contributed by atoms with Crippen LogP contribution in [0, 0.1) is 0 Å². The average molecular weight is 443 g/mol. The fraction of sp³-hybridized carbons (Fsp3) is 0.684. The molecular formula is C19H30N4O4S2. The summed E-state index contributed by atoms with van der Waals surface area (Å²) in [5, 5.41) is 1.68. The van der Waals surface area contributed by atoms with Crippen molar-refractivity contribution < 1.29 is 18.0 Å². The average Bonchev–Trinajstić information content (AvgIpc) is 3.41. The third kappa shape index (κ3) is 4.82. The number of nitrogens with zero attached hydrogens (tertiary/aromatic N) is 4. The molecule has 2 aliphatic rings. The van der Waals surface area contributed by atoms with E-state index in [1.54, 1.807) is 21.2 Å². The molecule has 2 amide bonds. The molecule has 10 heteroatoms. The number of piperazine rings is 1. The molecule has 0 spiro atoms. The molecule has 0 atom stereocenters. The van der Waals surface area contributed by atoms with E-state index in [2.05, 4.69) is 4.90 Å². The van der Waals surface area contributed by atoms with Gasteiger partial charge in [0.1, 0.15) is 9.77 Å². The van der Waals surface area contributed by atoms with Crippen molar-refractivity contribution in [3.8, 4) is 0 Å². The van der Waals surface area contributed by atoms with Crippen molar-refractivity contribution in [2.75, 3.05) is 58.9 Å². The SMILES string of the molecule is CCN(CC)C(=O)CN1CCN(C(=O)c2sccc2S(=O)(=O)N2CCCC2)CC1. The van der Waals surface area contributed by atoms with Gasteiger partial charge >= 0.3 is 0 Å². The number of rotatable bonds is 7. The Balaban J connectivity index is 1.62. The Labute approximate surface area is 177 Å². The van der Waals surface area contributed by atoms with Gasteiger partial charge in [-0.3, -0.25) is 14.5 Å². The van der Waals surface area contributed by atoms with Crippen LogP contribution in [0.15, 0.2) is 16.3 Å². The molecule has 2 aliphatic heterocycles. The standard InChI is InChI=1S/C19H30N4O4S2/c1-3-21(4-2)17(24)15-20-10-12-22(13-11-20)19(25)18-16(7-14-28-18)29(26,27)23-8-5-6-9-23/h7,14H,3-6,8-13,15H2,1-2H3. The normalized spacial score (nSPS) is 18.9. The van der Waals surface area contributed by atoms with Gasteiger partial charge in [0, 0.05) is 52.4 Å². The molecular weight excluding hydrogens is 412 g/mol. The molecule has 1 aromatic heterocycles. The molecule has 0 bridgehead atoms. The van der Waals surface area contributed by atoms with Crippen LogP contribution < -0.4 is 0 Å². The Hall–Kier alpha value is -1.49. The molecule has 3 rings (SSSR count). The first-order valence-corrected chi connectivity index (χ1v) is 12.6. The van der Waals surface area contributed by atoms with Gasteiger partial charge < -0.3 is 9.80 Å². The summed E-state index contributed by atoms with van der Waals surface area (Å²) >= 11 is 1.19. The zero-order valence-corrected chi connectivity index (χ0v) is 18.8. The van der Waals surface area contributed by atoms with E-state index < -0.39 is 10.0 Å². The number of likely N-dealkylation sites (N-methyl/N-ethyl adjacent to an activating group) is 1. The van der Waals surface area contributed by atoms with Crippen molar-refractivity contribution in [2.45, 2.75) is 31.6 Å². The van der Waals surface area contributed by atoms with Crippen LogP contribution in [0.4, 0.5) is 0 Å². The first-order chi connectivity index (χ1) is 13.9. The molecule has 0 saturated carbocycles. The van der Waals surface area contributed by atoms with E-state index in [1.165, 1.54) is 15.6 Å². The van der Waals surface area contributed by atoms with E-state index in [-0.39, 0.29) is 16.7 Å². The summed E-state index contributed by atoms with van der Waals surface area (Å²) in [5.74, 6) is -0.125. The van der Waals surface area contributed by atoms with E-state index in [0.29, 0.717) is 63.8 Å². The maximum Gasteiger partial charge on any atom is 0.265 e. The summed E-state index contributed by atoms with van der Waals surface area (Å²) < 4.78 is 27.3. The van der Waals surface area contributed by atoms with Crippen LogP contribution in [0.2, 0.25) is 0 Å². The summed E-state index contributed by atoms with van der Waals surface area (Å²) in [6.07, 6.45) is 1.72. The van der Waals surface area contributed by atoms with E-state index >= 15 is 0 Å². The minimum absolute atomic E-state index is 0.104. The van der Waals surface area contributed by atoms with Crippen LogP contribution in [0.1, 0.15) is 36.4 Å². The van der Waals surface area contributed by atoms with Crippen molar-refractivity contribution in [3.05, 3.63) is 16.3 Å². The summed E-state index contributed by atoms with van der Waals surface area (Å²) in [7, 11) is -3.62. The number of thiophene rings is 1. The molecule has 162 valence electrons. The molecule has 0 aliphatic carbocycles. The highest BCUT2D eigenvalue weighted by Crippen LogP contribution is 2.29. The maximum atomic E-state index is 13.0. The van der Waals surface area contributed by atoms with Gasteiger partial charge in [-0.2, -0.15) is 4.31 Å². The highest BCUT2D eigenvalue weighted by atomic mass is 32.2. The number of hydrogen-bond donors (Lipinski definition) is 0. The smallest absolute Gasteiger partial charge is 0.265 e. The van der Waals surface area contributed by atoms with Gasteiger partial charge in [-0.25, -0.2) is 8.42 Å². The first kappa shape index (κ1) is 22.2. The van der Waals surface area contributed by atoms with Crippen LogP contribution in [0.25, 0.3) is 0 Å². The van der Waals surface area contributed by atoms with Crippen LogP contribution in [-0.2, 0) is 14.8 Å². The third-order valence-corrected chi connectivity index (χ3v) is 8.61. The lowest BCUT2D eigenvalue weighted by molar-refractivity contribution is -0.132. The highest BCUT2D eigenvalue weighted by Gasteiger charge is 2.34. The van der Waals surface area contributed by atoms with Crippen LogP contribution in [0.5, 0.6) is 0 Å². The van der Waals surface area contributed by atoms with Crippen LogP contribution in [0.3, 0.4) is 0 Å². The topological polar surface area (TPSA) is 81.2 Å². The molecule has 0 radical (unpaired) electrons. The minimum Gasteiger partial charge on any atom is -0.342 e. The Bertz CT molecular complexity index is 821. The fourth-order valence-electron chi connectivity index (χ4n) is 3.84. The third-order valence-electron chi connectivity index (χ3n) is 5.64. The second-order valence-corrected chi connectivity index (χ2v) is 10.2. The number of hydrogen-bond acceptors (Lipinski definition) is 6. The highest BCUT2D eigenvalue weighted by molar-refractivity contribution is 7.89. The largest absolute Gasteiger partial charge is 0.342 e. The van der Waals surface area contributed by atoms with E-state index in [1.807, 2.05) is 13.8 Å². The molecule has 0 unspecified atom stereocenters. The van der Waals surface area contributed by atoms with Gasteiger partial charge in [0.05, 0.1) is 6.54 Å². The number of sulfonamides is 1. The van der Waals surface area contributed by atoms with Crippen molar-refractivity contribution in [1.82, 2.24) is 19.0 Å². The summed E-state index contributed by atoms with van der Waals surface area (Å²) in [5.41, 5.74) is 0. The Kier molecular flexibility index (Phi) is 7.31. The fourth-order valence-corrected chi connectivity index (χ4v) is 6.72. The molecule has 0 N–H and O–H groups in total. The Morgan fingerprint density at radius 2 is 1.66 bits per heavy atom. The predicted molar refractivity (Wildman–Crippen MR) is 113 cm³/mol. The second kappa shape index (κ2) is 9.55. The van der Waals surface area contributed by atoms with Gasteiger partial charge in [0.15, 0.2) is 0 Å². The van der Waals surface area contributed by atoms with Crippen molar-refractivity contribution in [3.63, 3.8) is 0 Å². The quantitative estimate of drug-likeness (QED) is 0.633. The zero-order chi connectivity index (χ0) is 21.0. The van der Waals surface area contributed by atoms with Crippen molar-refractivity contribution >= 4 is 33.2 Å². The predicted octanol–water partition coefficient (Wildman–Crippen LogP) is 1.16. The zero-order valence-electron chi connectivity index (χ0n) is 17.2. The monoisotopic (exact) mass is 442 g/mol. The summed E-state index contributed by atoms with van der Waals surface area (Å²) in [4.78, 5) is 31.3. The summed E-state index contributed by atoms with van der Waals surface area (Å²) in [6, 6.07) is 1.55.